The molecule has 0 fully saturated rings. The van der Waals surface area contributed by atoms with Crippen LogP contribution in [0.3, 0.4) is 0 Å². The summed E-state index contributed by atoms with van der Waals surface area (Å²) in [4.78, 5) is 23.2. The fraction of sp³-hybridized carbons (Fsp3) is 0.235. The Bertz CT molecular complexity index is 1540. The van der Waals surface area contributed by atoms with Crippen molar-refractivity contribution in [3.63, 3.8) is 0 Å². The van der Waals surface area contributed by atoms with E-state index in [4.69, 9.17) is 4.74 Å². The van der Waals surface area contributed by atoms with Crippen LogP contribution in [0.5, 0.6) is 5.88 Å². The third-order valence-corrected chi connectivity index (χ3v) is 5.77. The molecule has 0 unspecified atom stereocenters. The van der Waals surface area contributed by atoms with Gasteiger partial charge in [0.1, 0.15) is 34.3 Å². The van der Waals surface area contributed by atoms with Crippen molar-refractivity contribution < 1.29 is 22.8 Å². The van der Waals surface area contributed by atoms with Gasteiger partial charge in [0, 0.05) is 5.39 Å². The van der Waals surface area contributed by atoms with E-state index in [1.165, 1.54) is 28.8 Å². The van der Waals surface area contributed by atoms with Gasteiger partial charge in [0.05, 0.1) is 17.5 Å². The number of hydrogen-bond acceptors (Lipinski definition) is 9. The lowest BCUT2D eigenvalue weighted by atomic mass is 10.1. The van der Waals surface area contributed by atoms with Crippen LogP contribution < -0.4 is 4.74 Å². The molecule has 0 aromatic carbocycles. The zero-order valence-electron chi connectivity index (χ0n) is 16.3. The Morgan fingerprint density at radius 3 is 2.72 bits per heavy atom. The number of rotatable bonds is 4. The van der Waals surface area contributed by atoms with Gasteiger partial charge in [-0.15, -0.1) is 21.5 Å². The van der Waals surface area contributed by atoms with Crippen LogP contribution >= 0.6 is 11.3 Å². The van der Waals surface area contributed by atoms with E-state index >= 15 is 0 Å². The van der Waals surface area contributed by atoms with Crippen molar-refractivity contribution >= 4 is 43.1 Å². The highest BCUT2D eigenvalue weighted by Gasteiger charge is 2.33. The third-order valence-electron chi connectivity index (χ3n) is 4.70. The van der Waals surface area contributed by atoms with E-state index in [0.29, 0.717) is 26.8 Å². The molecule has 0 bridgehead atoms. The molecule has 11 nitrogen and oxygen atoms in total. The van der Waals surface area contributed by atoms with Gasteiger partial charge in [-0.2, -0.15) is 13.2 Å². The van der Waals surface area contributed by atoms with E-state index < -0.39 is 16.8 Å². The number of pyridine rings is 1. The molecule has 15 heteroatoms. The van der Waals surface area contributed by atoms with Crippen LogP contribution in [0.25, 0.3) is 26.1 Å². The molecule has 0 amide bonds. The van der Waals surface area contributed by atoms with Gasteiger partial charge < -0.3 is 4.74 Å². The van der Waals surface area contributed by atoms with Crippen molar-refractivity contribution in [2.45, 2.75) is 19.6 Å². The highest BCUT2D eigenvalue weighted by atomic mass is 32.1. The van der Waals surface area contributed by atoms with Crippen molar-refractivity contribution in [3.8, 4) is 5.88 Å². The van der Waals surface area contributed by atoms with Gasteiger partial charge in [-0.25, -0.2) is 19.5 Å². The van der Waals surface area contributed by atoms with Gasteiger partial charge in [-0.1, -0.05) is 0 Å². The van der Waals surface area contributed by atoms with Crippen LogP contribution in [0.15, 0.2) is 18.6 Å². The van der Waals surface area contributed by atoms with Gasteiger partial charge in [0.15, 0.2) is 11.5 Å². The number of hydrogen-bond donors (Lipinski definition) is 0. The molecule has 0 aliphatic rings. The molecule has 32 heavy (non-hydrogen) atoms. The fourth-order valence-electron chi connectivity index (χ4n) is 3.36. The number of aryl methyl sites for hydroxylation is 1. The van der Waals surface area contributed by atoms with E-state index in [0.717, 1.165) is 17.4 Å². The van der Waals surface area contributed by atoms with E-state index in [1.807, 2.05) is 0 Å². The topological polar surface area (TPSA) is 126 Å². The number of aromatic nitrogens is 7. The van der Waals surface area contributed by atoms with Crippen molar-refractivity contribution in [2.75, 3.05) is 7.11 Å². The van der Waals surface area contributed by atoms with E-state index in [2.05, 4.69) is 25.1 Å². The summed E-state index contributed by atoms with van der Waals surface area (Å²) < 4.78 is 47.6. The second-order valence-corrected chi connectivity index (χ2v) is 7.80. The first kappa shape index (κ1) is 20.0. The largest absolute Gasteiger partial charge is 0.475 e. The summed E-state index contributed by atoms with van der Waals surface area (Å²) in [5.74, 6) is 0.131. The highest BCUT2D eigenvalue weighted by Crippen LogP contribution is 2.38. The number of nitrogens with zero attached hydrogens (tertiary/aromatic N) is 8. The Hall–Kier alpha value is -3.88. The Balaban J connectivity index is 1.62. The van der Waals surface area contributed by atoms with Gasteiger partial charge in [-0.05, 0) is 18.6 Å². The number of nitro groups is 1. The first-order valence-corrected chi connectivity index (χ1v) is 9.74. The number of thiophene rings is 1. The molecule has 5 aromatic rings. The molecule has 0 N–H and O–H groups in total. The average molecular weight is 464 g/mol. The SMILES string of the molecule is COc1nn(Cc2nc3c4sc5nc(C(F)(F)F)cc(C)c5c4ncn3n2)cc1[N+](=O)[O-]. The number of alkyl halides is 3. The van der Waals surface area contributed by atoms with Gasteiger partial charge >= 0.3 is 17.7 Å². The summed E-state index contributed by atoms with van der Waals surface area (Å²) in [6.07, 6.45) is -1.96. The van der Waals surface area contributed by atoms with Crippen molar-refractivity contribution in [1.82, 2.24) is 34.3 Å². The maximum absolute atomic E-state index is 13.2. The van der Waals surface area contributed by atoms with Crippen LogP contribution in [0.1, 0.15) is 17.1 Å². The second kappa shape index (κ2) is 6.81. The first-order chi connectivity index (χ1) is 15.2. The van der Waals surface area contributed by atoms with Gasteiger partial charge in [0.25, 0.3) is 0 Å². The molecule has 5 aromatic heterocycles. The Labute approximate surface area is 179 Å². The maximum atomic E-state index is 13.2. The molecule has 0 aliphatic heterocycles. The predicted molar refractivity (Wildman–Crippen MR) is 106 cm³/mol. The zero-order chi connectivity index (χ0) is 22.8. The molecular formula is C17H11F3N8O3S. The molecule has 5 rings (SSSR count). The number of ether oxygens (including phenoxy) is 1. The van der Waals surface area contributed by atoms with Crippen LogP contribution in [0, 0.1) is 17.0 Å². The summed E-state index contributed by atoms with van der Waals surface area (Å²) in [6.45, 7) is 1.58. The summed E-state index contributed by atoms with van der Waals surface area (Å²) in [5, 5.41) is 19.9. The molecule has 0 aliphatic carbocycles. The van der Waals surface area contributed by atoms with E-state index in [9.17, 15) is 23.3 Å². The Morgan fingerprint density at radius 2 is 2.06 bits per heavy atom. The van der Waals surface area contributed by atoms with Crippen LogP contribution in [-0.4, -0.2) is 46.4 Å². The van der Waals surface area contributed by atoms with Crippen LogP contribution in [-0.2, 0) is 12.7 Å². The van der Waals surface area contributed by atoms with E-state index in [-0.39, 0.29) is 28.8 Å². The smallest absolute Gasteiger partial charge is 0.433 e. The van der Waals surface area contributed by atoms with Crippen molar-refractivity contribution in [1.29, 1.82) is 0 Å². The number of methoxy groups -OCH3 is 1. The minimum atomic E-state index is -4.56. The molecule has 0 radical (unpaired) electrons. The average Bonchev–Trinajstić information content (AvgIpc) is 3.40. The minimum Gasteiger partial charge on any atom is -0.475 e. The van der Waals surface area contributed by atoms with Crippen LogP contribution in [0.4, 0.5) is 18.9 Å². The van der Waals surface area contributed by atoms with E-state index in [1.54, 1.807) is 6.92 Å². The molecule has 0 saturated heterocycles. The summed E-state index contributed by atoms with van der Waals surface area (Å²) in [6, 6.07) is 0.994. The number of halogens is 3. The maximum Gasteiger partial charge on any atom is 0.433 e. The quantitative estimate of drug-likeness (QED) is 0.293. The first-order valence-electron chi connectivity index (χ1n) is 8.93. The Kier molecular flexibility index (Phi) is 4.27. The standard InChI is InChI=1S/C17H11F3N8O3S/c1-7-3-9(17(18,19)20)22-16-11(7)12-13(32-16)14-23-10(24-27(14)6-21-12)5-26-4-8(28(29)30)15(25-26)31-2/h3-4,6H,5H2,1-2H3. The predicted octanol–water partition coefficient (Wildman–Crippen LogP) is 3.38. The number of fused-ring (bicyclic) bond motifs is 5. The molecule has 0 saturated carbocycles. The van der Waals surface area contributed by atoms with Gasteiger partial charge in [-0.3, -0.25) is 14.8 Å². The molecule has 0 spiro atoms. The lowest BCUT2D eigenvalue weighted by Crippen LogP contribution is -2.07. The monoisotopic (exact) mass is 464 g/mol. The molecular weight excluding hydrogens is 453 g/mol. The molecule has 5 heterocycles. The van der Waals surface area contributed by atoms with Crippen molar-refractivity contribution in [3.05, 3.63) is 45.8 Å². The van der Waals surface area contributed by atoms with Crippen LogP contribution in [0.2, 0.25) is 0 Å². The fourth-order valence-corrected chi connectivity index (χ4v) is 4.53. The normalized spacial score (nSPS) is 12.3. The molecule has 164 valence electrons. The summed E-state index contributed by atoms with van der Waals surface area (Å²) >= 11 is 1.04. The van der Waals surface area contributed by atoms with Crippen molar-refractivity contribution in [2.24, 2.45) is 0 Å². The van der Waals surface area contributed by atoms with Gasteiger partial charge in [0.2, 0.25) is 0 Å². The lowest BCUT2D eigenvalue weighted by Gasteiger charge is -2.06. The second-order valence-electron chi connectivity index (χ2n) is 6.80. The highest BCUT2D eigenvalue weighted by molar-refractivity contribution is 7.26. The lowest BCUT2D eigenvalue weighted by molar-refractivity contribution is -0.385. The summed E-state index contributed by atoms with van der Waals surface area (Å²) in [5.41, 5.74) is -0.00411. The summed E-state index contributed by atoms with van der Waals surface area (Å²) in [7, 11) is 1.27. The third kappa shape index (κ3) is 3.08. The zero-order valence-corrected chi connectivity index (χ0v) is 17.1. The Morgan fingerprint density at radius 1 is 1.28 bits per heavy atom. The minimum absolute atomic E-state index is 0.00771. The molecule has 0 atom stereocenters.